The molecule has 0 N–H and O–H groups in total. The van der Waals surface area contributed by atoms with Crippen molar-refractivity contribution in [3.63, 3.8) is 0 Å². The minimum absolute atomic E-state index is 0.478. The van der Waals surface area contributed by atoms with E-state index in [1.54, 1.807) is 0 Å². The second-order valence-corrected chi connectivity index (χ2v) is 9.18. The third kappa shape index (κ3) is 2.76. The predicted octanol–water partition coefficient (Wildman–Crippen LogP) is 9.40. The van der Waals surface area contributed by atoms with E-state index >= 15 is 0 Å². The number of fused-ring (bicyclic) bond motifs is 5. The molecule has 6 rings (SSSR count). The molecule has 0 amide bonds. The van der Waals surface area contributed by atoms with Crippen LogP contribution in [0.4, 0.5) is 0 Å². The van der Waals surface area contributed by atoms with Gasteiger partial charge in [0.2, 0.25) is 0 Å². The van der Waals surface area contributed by atoms with Gasteiger partial charge in [-0.05, 0) is 74.7 Å². The normalized spacial score (nSPS) is 14.7. The van der Waals surface area contributed by atoms with Crippen LogP contribution in [-0.2, 0) is 6.42 Å². The molecule has 5 aromatic rings. The molecule has 0 saturated heterocycles. The highest BCUT2D eigenvalue weighted by Gasteiger charge is 2.27. The summed E-state index contributed by atoms with van der Waals surface area (Å²) in [6.07, 6.45) is 2.10. The standard InChI is InChI=1S/C31H25Cl/c1-3-21-23-9-5-6-11-25(23)26-15-13-19(17-29(21)26)20-14-16-28-30(18-20)22(4-2)24-10-7-8-12-27(24)31(28)32/h5-18,21H,3-4H2,1-2H3. The van der Waals surface area contributed by atoms with E-state index in [0.29, 0.717) is 5.92 Å². The molecule has 156 valence electrons. The van der Waals surface area contributed by atoms with Crippen LogP contribution < -0.4 is 0 Å². The van der Waals surface area contributed by atoms with Crippen molar-refractivity contribution in [2.75, 3.05) is 0 Å². The van der Waals surface area contributed by atoms with Gasteiger partial charge in [0.05, 0.1) is 5.02 Å². The van der Waals surface area contributed by atoms with Crippen molar-refractivity contribution in [3.8, 4) is 22.3 Å². The van der Waals surface area contributed by atoms with Crippen LogP contribution in [0.15, 0.2) is 84.9 Å². The molecular weight excluding hydrogens is 408 g/mol. The first-order valence-electron chi connectivity index (χ1n) is 11.6. The molecule has 0 fully saturated rings. The highest BCUT2D eigenvalue weighted by molar-refractivity contribution is 6.41. The number of benzene rings is 5. The fourth-order valence-electron chi connectivity index (χ4n) is 5.70. The minimum atomic E-state index is 0.478. The van der Waals surface area contributed by atoms with Gasteiger partial charge in [0.1, 0.15) is 0 Å². The van der Waals surface area contributed by atoms with Crippen molar-refractivity contribution >= 4 is 33.1 Å². The molecule has 0 bridgehead atoms. The van der Waals surface area contributed by atoms with Crippen LogP contribution in [0.1, 0.15) is 42.9 Å². The number of aryl methyl sites for hydroxylation is 1. The van der Waals surface area contributed by atoms with Gasteiger partial charge < -0.3 is 0 Å². The highest BCUT2D eigenvalue weighted by Crippen LogP contribution is 2.47. The fraction of sp³-hybridized carbons (Fsp3) is 0.161. The molecular formula is C31H25Cl. The molecule has 0 aromatic heterocycles. The van der Waals surface area contributed by atoms with Crippen LogP contribution in [0, 0.1) is 0 Å². The predicted molar refractivity (Wildman–Crippen MR) is 139 cm³/mol. The Hall–Kier alpha value is -3.09. The van der Waals surface area contributed by atoms with Crippen molar-refractivity contribution in [1.82, 2.24) is 0 Å². The summed E-state index contributed by atoms with van der Waals surface area (Å²) in [5.74, 6) is 0.478. The fourth-order valence-corrected chi connectivity index (χ4v) is 6.03. The second kappa shape index (κ2) is 7.50. The van der Waals surface area contributed by atoms with Gasteiger partial charge >= 0.3 is 0 Å². The summed E-state index contributed by atoms with van der Waals surface area (Å²) in [7, 11) is 0. The second-order valence-electron chi connectivity index (χ2n) is 8.80. The molecule has 0 heterocycles. The topological polar surface area (TPSA) is 0 Å². The van der Waals surface area contributed by atoms with E-state index in [1.165, 1.54) is 49.7 Å². The van der Waals surface area contributed by atoms with Gasteiger partial charge in [-0.3, -0.25) is 0 Å². The minimum Gasteiger partial charge on any atom is -0.0830 e. The van der Waals surface area contributed by atoms with Gasteiger partial charge in [-0.2, -0.15) is 0 Å². The zero-order valence-corrected chi connectivity index (χ0v) is 19.2. The Balaban J connectivity index is 1.56. The van der Waals surface area contributed by atoms with Crippen molar-refractivity contribution in [2.24, 2.45) is 0 Å². The molecule has 5 aromatic carbocycles. The first-order chi connectivity index (χ1) is 15.7. The molecule has 1 heteroatoms. The first-order valence-corrected chi connectivity index (χ1v) is 12.0. The lowest BCUT2D eigenvalue weighted by Crippen LogP contribution is -1.94. The summed E-state index contributed by atoms with van der Waals surface area (Å²) in [6.45, 7) is 4.53. The zero-order chi connectivity index (χ0) is 21.8. The van der Waals surface area contributed by atoms with Crippen LogP contribution in [0.25, 0.3) is 43.8 Å². The average molecular weight is 433 g/mol. The van der Waals surface area contributed by atoms with Crippen molar-refractivity contribution in [2.45, 2.75) is 32.6 Å². The Morgan fingerprint density at radius 3 is 2.09 bits per heavy atom. The van der Waals surface area contributed by atoms with Gasteiger partial charge in [0.25, 0.3) is 0 Å². The number of hydrogen-bond acceptors (Lipinski definition) is 0. The van der Waals surface area contributed by atoms with E-state index in [4.69, 9.17) is 11.6 Å². The third-order valence-electron chi connectivity index (χ3n) is 7.22. The molecule has 0 radical (unpaired) electrons. The van der Waals surface area contributed by atoms with E-state index in [1.807, 2.05) is 0 Å². The maximum atomic E-state index is 6.87. The first kappa shape index (κ1) is 19.6. The molecule has 1 aliphatic carbocycles. The Kier molecular flexibility index (Phi) is 4.59. The van der Waals surface area contributed by atoms with Gasteiger partial charge in [-0.25, -0.2) is 0 Å². The van der Waals surface area contributed by atoms with E-state index in [9.17, 15) is 0 Å². The van der Waals surface area contributed by atoms with Crippen molar-refractivity contribution in [3.05, 3.63) is 107 Å². The molecule has 0 aliphatic heterocycles. The smallest absolute Gasteiger partial charge is 0.0562 e. The van der Waals surface area contributed by atoms with E-state index in [2.05, 4.69) is 98.8 Å². The SMILES string of the molecule is CCc1c2ccccc2c(Cl)c2ccc(-c3ccc4c(c3)C(CC)c3ccccc3-4)cc12. The lowest BCUT2D eigenvalue weighted by atomic mass is 9.90. The largest absolute Gasteiger partial charge is 0.0830 e. The van der Waals surface area contributed by atoms with Crippen LogP contribution >= 0.6 is 11.6 Å². The van der Waals surface area contributed by atoms with Crippen LogP contribution in [0.3, 0.4) is 0 Å². The van der Waals surface area contributed by atoms with Gasteiger partial charge in [-0.15, -0.1) is 0 Å². The Labute approximate surface area is 194 Å². The molecule has 1 atom stereocenters. The van der Waals surface area contributed by atoms with E-state index in [0.717, 1.165) is 28.6 Å². The van der Waals surface area contributed by atoms with Crippen molar-refractivity contribution < 1.29 is 0 Å². The number of halogens is 1. The lowest BCUT2D eigenvalue weighted by molar-refractivity contribution is 0.797. The van der Waals surface area contributed by atoms with Gasteiger partial charge in [-0.1, -0.05) is 98.2 Å². The number of hydrogen-bond donors (Lipinski definition) is 0. The maximum Gasteiger partial charge on any atom is 0.0562 e. The summed E-state index contributed by atoms with van der Waals surface area (Å²) in [5.41, 5.74) is 9.62. The van der Waals surface area contributed by atoms with E-state index in [-0.39, 0.29) is 0 Å². The van der Waals surface area contributed by atoms with E-state index < -0.39 is 0 Å². The third-order valence-corrected chi connectivity index (χ3v) is 7.63. The Morgan fingerprint density at radius 2 is 1.28 bits per heavy atom. The van der Waals surface area contributed by atoms with Crippen LogP contribution in [0.2, 0.25) is 5.02 Å². The molecule has 0 nitrogen and oxygen atoms in total. The molecule has 0 spiro atoms. The summed E-state index contributed by atoms with van der Waals surface area (Å²) < 4.78 is 0. The quantitative estimate of drug-likeness (QED) is 0.249. The zero-order valence-electron chi connectivity index (χ0n) is 18.5. The van der Waals surface area contributed by atoms with Gasteiger partial charge in [0, 0.05) is 16.7 Å². The monoisotopic (exact) mass is 432 g/mol. The Morgan fingerprint density at radius 1 is 0.625 bits per heavy atom. The molecule has 0 saturated carbocycles. The van der Waals surface area contributed by atoms with Crippen LogP contribution in [-0.4, -0.2) is 0 Å². The Bertz CT molecular complexity index is 1510. The highest BCUT2D eigenvalue weighted by atomic mass is 35.5. The number of rotatable bonds is 3. The summed E-state index contributed by atoms with van der Waals surface area (Å²) >= 11 is 6.87. The van der Waals surface area contributed by atoms with Crippen LogP contribution in [0.5, 0.6) is 0 Å². The summed E-state index contributed by atoms with van der Waals surface area (Å²) in [5, 5.41) is 5.68. The summed E-state index contributed by atoms with van der Waals surface area (Å²) in [4.78, 5) is 0. The molecule has 1 aliphatic rings. The molecule has 1 unspecified atom stereocenters. The average Bonchev–Trinajstić information content (AvgIpc) is 3.17. The maximum absolute atomic E-state index is 6.87. The summed E-state index contributed by atoms with van der Waals surface area (Å²) in [6, 6.07) is 31.2. The molecule has 32 heavy (non-hydrogen) atoms. The van der Waals surface area contributed by atoms with Gasteiger partial charge in [0.15, 0.2) is 0 Å². The van der Waals surface area contributed by atoms with Crippen molar-refractivity contribution in [1.29, 1.82) is 0 Å². The lowest BCUT2D eigenvalue weighted by Gasteiger charge is -2.15.